The van der Waals surface area contributed by atoms with Crippen LogP contribution in [0.2, 0.25) is 0 Å². The molecule has 0 saturated carbocycles. The van der Waals surface area contributed by atoms with Crippen LogP contribution >= 0.6 is 0 Å². The van der Waals surface area contributed by atoms with Crippen LogP contribution in [0.5, 0.6) is 0 Å². The third kappa shape index (κ3) is 2.66. The molecular weight excluding hydrogens is 222 g/mol. The summed E-state index contributed by atoms with van der Waals surface area (Å²) in [5.41, 5.74) is 2.65. The maximum absolute atomic E-state index is 4.32. The molecule has 2 rings (SSSR count). The molecule has 2 heterocycles. The molecule has 1 aliphatic heterocycles. The summed E-state index contributed by atoms with van der Waals surface area (Å²) >= 11 is 0. The Labute approximate surface area is 111 Å². The van der Waals surface area contributed by atoms with Crippen molar-refractivity contribution >= 4 is 5.69 Å². The standard InChI is InChI=1S/C15H25N3/c1-11-7-12(2)13(3)18(10-11)15-9-17-6-5-14(15)8-16-4/h5-6,9,11-13,16H,7-8,10H2,1-4H3. The van der Waals surface area contributed by atoms with Crippen molar-refractivity contribution in [3.05, 3.63) is 24.0 Å². The molecule has 3 nitrogen and oxygen atoms in total. The van der Waals surface area contributed by atoms with E-state index in [1.807, 2.05) is 19.4 Å². The summed E-state index contributed by atoms with van der Waals surface area (Å²) in [6.45, 7) is 9.11. The molecule has 0 spiro atoms. The van der Waals surface area contributed by atoms with E-state index in [4.69, 9.17) is 0 Å². The zero-order valence-corrected chi connectivity index (χ0v) is 12.0. The minimum absolute atomic E-state index is 0.598. The number of aromatic nitrogens is 1. The lowest BCUT2D eigenvalue weighted by molar-refractivity contribution is 0.296. The number of nitrogens with zero attached hydrogens (tertiary/aromatic N) is 2. The summed E-state index contributed by atoms with van der Waals surface area (Å²) in [4.78, 5) is 6.86. The average molecular weight is 247 g/mol. The lowest BCUT2D eigenvalue weighted by Gasteiger charge is -2.43. The second kappa shape index (κ2) is 5.70. The van der Waals surface area contributed by atoms with E-state index in [9.17, 15) is 0 Å². The smallest absolute Gasteiger partial charge is 0.0600 e. The van der Waals surface area contributed by atoms with Crippen LogP contribution in [0.15, 0.2) is 18.5 Å². The van der Waals surface area contributed by atoms with Crippen LogP contribution in [0.1, 0.15) is 32.8 Å². The van der Waals surface area contributed by atoms with Gasteiger partial charge in [0.2, 0.25) is 0 Å². The van der Waals surface area contributed by atoms with Crippen LogP contribution in [-0.4, -0.2) is 24.6 Å². The molecule has 1 aromatic heterocycles. The van der Waals surface area contributed by atoms with E-state index in [-0.39, 0.29) is 0 Å². The Hall–Kier alpha value is -1.09. The fourth-order valence-corrected chi connectivity index (χ4v) is 3.05. The van der Waals surface area contributed by atoms with Gasteiger partial charge in [-0.25, -0.2) is 0 Å². The van der Waals surface area contributed by atoms with Gasteiger partial charge in [0.25, 0.3) is 0 Å². The zero-order valence-electron chi connectivity index (χ0n) is 12.0. The highest BCUT2D eigenvalue weighted by Gasteiger charge is 2.29. The van der Waals surface area contributed by atoms with E-state index < -0.39 is 0 Å². The topological polar surface area (TPSA) is 28.2 Å². The number of rotatable bonds is 3. The first-order valence-electron chi connectivity index (χ1n) is 6.97. The molecule has 0 amide bonds. The predicted molar refractivity (Wildman–Crippen MR) is 76.8 cm³/mol. The number of anilines is 1. The number of hydrogen-bond donors (Lipinski definition) is 1. The first kappa shape index (κ1) is 13.3. The summed E-state index contributed by atoms with van der Waals surface area (Å²) in [5, 5.41) is 3.25. The van der Waals surface area contributed by atoms with Crippen molar-refractivity contribution in [2.45, 2.75) is 39.8 Å². The largest absolute Gasteiger partial charge is 0.367 e. The SMILES string of the molecule is CNCc1ccncc1N1CC(C)CC(C)C1C. The zero-order chi connectivity index (χ0) is 13.1. The molecule has 0 aromatic carbocycles. The lowest BCUT2D eigenvalue weighted by atomic mass is 9.85. The van der Waals surface area contributed by atoms with Gasteiger partial charge in [-0.05, 0) is 43.9 Å². The number of hydrogen-bond acceptors (Lipinski definition) is 3. The van der Waals surface area contributed by atoms with Crippen molar-refractivity contribution in [1.82, 2.24) is 10.3 Å². The summed E-state index contributed by atoms with van der Waals surface area (Å²) < 4.78 is 0. The van der Waals surface area contributed by atoms with Gasteiger partial charge >= 0.3 is 0 Å². The summed E-state index contributed by atoms with van der Waals surface area (Å²) in [6, 6.07) is 2.73. The van der Waals surface area contributed by atoms with E-state index in [0.29, 0.717) is 6.04 Å². The minimum atomic E-state index is 0.598. The first-order valence-corrected chi connectivity index (χ1v) is 6.97. The highest BCUT2D eigenvalue weighted by atomic mass is 15.2. The second-order valence-electron chi connectivity index (χ2n) is 5.75. The van der Waals surface area contributed by atoms with Gasteiger partial charge in [-0.1, -0.05) is 13.8 Å². The summed E-state index contributed by atoms with van der Waals surface area (Å²) in [7, 11) is 2.00. The molecule has 1 aliphatic rings. The van der Waals surface area contributed by atoms with Crippen LogP contribution in [0.25, 0.3) is 0 Å². The van der Waals surface area contributed by atoms with Crippen molar-refractivity contribution in [1.29, 1.82) is 0 Å². The van der Waals surface area contributed by atoms with Crippen LogP contribution < -0.4 is 10.2 Å². The van der Waals surface area contributed by atoms with Gasteiger partial charge in [-0.2, -0.15) is 0 Å². The molecule has 100 valence electrons. The Kier molecular flexibility index (Phi) is 4.23. The van der Waals surface area contributed by atoms with Crippen LogP contribution in [0.4, 0.5) is 5.69 Å². The number of pyridine rings is 1. The fourth-order valence-electron chi connectivity index (χ4n) is 3.05. The second-order valence-corrected chi connectivity index (χ2v) is 5.75. The van der Waals surface area contributed by atoms with Crippen LogP contribution in [0, 0.1) is 11.8 Å². The Morgan fingerprint density at radius 1 is 1.39 bits per heavy atom. The molecule has 3 unspecified atom stereocenters. The molecule has 1 N–H and O–H groups in total. The Morgan fingerprint density at radius 2 is 2.17 bits per heavy atom. The van der Waals surface area contributed by atoms with Crippen LogP contribution in [0.3, 0.4) is 0 Å². The normalized spacial score (nSPS) is 28.4. The van der Waals surface area contributed by atoms with Gasteiger partial charge in [-0.15, -0.1) is 0 Å². The van der Waals surface area contributed by atoms with Gasteiger partial charge < -0.3 is 10.2 Å². The fraction of sp³-hybridized carbons (Fsp3) is 0.667. The third-order valence-electron chi connectivity index (χ3n) is 4.16. The first-order chi connectivity index (χ1) is 8.63. The van der Waals surface area contributed by atoms with Crippen molar-refractivity contribution < 1.29 is 0 Å². The van der Waals surface area contributed by atoms with Crippen molar-refractivity contribution in [3.8, 4) is 0 Å². The molecule has 1 aromatic rings. The molecule has 3 atom stereocenters. The average Bonchev–Trinajstić information content (AvgIpc) is 2.35. The van der Waals surface area contributed by atoms with Gasteiger partial charge in [0.05, 0.1) is 11.9 Å². The quantitative estimate of drug-likeness (QED) is 0.890. The van der Waals surface area contributed by atoms with E-state index >= 15 is 0 Å². The van der Waals surface area contributed by atoms with Gasteiger partial charge in [-0.3, -0.25) is 4.98 Å². The highest BCUT2D eigenvalue weighted by molar-refractivity contribution is 5.53. The molecule has 0 aliphatic carbocycles. The minimum Gasteiger partial charge on any atom is -0.367 e. The predicted octanol–water partition coefficient (Wildman–Crippen LogP) is 2.67. The molecule has 1 fully saturated rings. The number of piperidine rings is 1. The Balaban J connectivity index is 2.28. The van der Waals surface area contributed by atoms with Gasteiger partial charge in [0.15, 0.2) is 0 Å². The van der Waals surface area contributed by atoms with E-state index in [1.54, 1.807) is 0 Å². The maximum atomic E-state index is 4.32. The van der Waals surface area contributed by atoms with Gasteiger partial charge in [0, 0.05) is 25.3 Å². The number of nitrogens with one attached hydrogen (secondary N) is 1. The maximum Gasteiger partial charge on any atom is 0.0600 e. The Morgan fingerprint density at radius 3 is 2.89 bits per heavy atom. The molecule has 1 saturated heterocycles. The van der Waals surface area contributed by atoms with E-state index in [1.165, 1.54) is 17.7 Å². The van der Waals surface area contributed by atoms with Crippen LogP contribution in [-0.2, 0) is 6.54 Å². The molecular formula is C15H25N3. The molecule has 18 heavy (non-hydrogen) atoms. The molecule has 0 bridgehead atoms. The molecule has 3 heteroatoms. The van der Waals surface area contributed by atoms with Crippen molar-refractivity contribution in [2.24, 2.45) is 11.8 Å². The lowest BCUT2D eigenvalue weighted by Crippen LogP contribution is -2.46. The summed E-state index contributed by atoms with van der Waals surface area (Å²) in [5.74, 6) is 1.51. The van der Waals surface area contributed by atoms with E-state index in [2.05, 4.69) is 42.0 Å². The summed E-state index contributed by atoms with van der Waals surface area (Å²) in [6.07, 6.45) is 5.24. The Bertz CT molecular complexity index is 391. The highest BCUT2D eigenvalue weighted by Crippen LogP contribution is 2.32. The van der Waals surface area contributed by atoms with Crippen molar-refractivity contribution in [2.75, 3.05) is 18.5 Å². The third-order valence-corrected chi connectivity index (χ3v) is 4.16. The van der Waals surface area contributed by atoms with Gasteiger partial charge in [0.1, 0.15) is 0 Å². The molecule has 0 radical (unpaired) electrons. The van der Waals surface area contributed by atoms with Crippen molar-refractivity contribution in [3.63, 3.8) is 0 Å². The van der Waals surface area contributed by atoms with E-state index in [0.717, 1.165) is 24.9 Å². The monoisotopic (exact) mass is 247 g/mol.